The van der Waals surface area contributed by atoms with Gasteiger partial charge in [0.25, 0.3) is 0 Å². The molecule has 182 valence electrons. The molecular weight excluding hydrogens is 438 g/mol. The van der Waals surface area contributed by atoms with Gasteiger partial charge in [-0.2, -0.15) is 0 Å². The predicted molar refractivity (Wildman–Crippen MR) is 140 cm³/mol. The Kier molecular flexibility index (Phi) is 8.00. The van der Waals surface area contributed by atoms with Gasteiger partial charge >= 0.3 is 6.03 Å². The second-order valence-corrected chi connectivity index (χ2v) is 8.94. The topological polar surface area (TPSA) is 95.9 Å². The molecule has 1 heterocycles. The van der Waals surface area contributed by atoms with E-state index in [4.69, 9.17) is 11.5 Å². The molecule has 1 aliphatic heterocycles. The van der Waals surface area contributed by atoms with Crippen molar-refractivity contribution in [3.8, 4) is 0 Å². The number of amides is 3. The summed E-state index contributed by atoms with van der Waals surface area (Å²) in [6, 6.07) is 24.4. The molecule has 7 nitrogen and oxygen atoms in total. The SMILES string of the molecule is NC(=O)c1ccc(CN(CCN2CCCC2)C(=O)N(Cc2ccccc2)c2ccccc2N)cc1. The molecule has 1 saturated heterocycles. The summed E-state index contributed by atoms with van der Waals surface area (Å²) in [5.74, 6) is -0.466. The van der Waals surface area contributed by atoms with Crippen LogP contribution < -0.4 is 16.4 Å². The maximum absolute atomic E-state index is 14.1. The Morgan fingerprint density at radius 1 is 0.800 bits per heavy atom. The third-order valence-electron chi connectivity index (χ3n) is 6.41. The van der Waals surface area contributed by atoms with Crippen LogP contribution in [0.15, 0.2) is 78.9 Å². The molecule has 0 bridgehead atoms. The molecule has 1 aliphatic rings. The molecule has 4 rings (SSSR count). The summed E-state index contributed by atoms with van der Waals surface area (Å²) in [6.07, 6.45) is 2.40. The summed E-state index contributed by atoms with van der Waals surface area (Å²) < 4.78 is 0. The molecule has 0 radical (unpaired) electrons. The molecule has 3 aromatic rings. The number of para-hydroxylation sites is 2. The highest BCUT2D eigenvalue weighted by atomic mass is 16.2. The Morgan fingerprint density at radius 3 is 2.09 bits per heavy atom. The van der Waals surface area contributed by atoms with Gasteiger partial charge in [0, 0.05) is 25.2 Å². The Balaban J connectivity index is 1.62. The van der Waals surface area contributed by atoms with Crippen molar-refractivity contribution in [3.05, 3.63) is 95.6 Å². The van der Waals surface area contributed by atoms with Crippen molar-refractivity contribution in [3.63, 3.8) is 0 Å². The van der Waals surface area contributed by atoms with Gasteiger partial charge in [0.05, 0.1) is 17.9 Å². The van der Waals surface area contributed by atoms with Crippen LogP contribution in [0.4, 0.5) is 16.2 Å². The van der Waals surface area contributed by atoms with Gasteiger partial charge in [-0.25, -0.2) is 4.79 Å². The minimum atomic E-state index is -0.466. The summed E-state index contributed by atoms with van der Waals surface area (Å²) in [5, 5.41) is 0. The van der Waals surface area contributed by atoms with Crippen LogP contribution in [0, 0.1) is 0 Å². The van der Waals surface area contributed by atoms with E-state index in [1.165, 1.54) is 12.8 Å². The van der Waals surface area contributed by atoms with Gasteiger partial charge in [0.2, 0.25) is 5.91 Å². The van der Waals surface area contributed by atoms with Crippen LogP contribution in [0.2, 0.25) is 0 Å². The van der Waals surface area contributed by atoms with E-state index in [0.29, 0.717) is 36.6 Å². The summed E-state index contributed by atoms with van der Waals surface area (Å²) in [7, 11) is 0. The highest BCUT2D eigenvalue weighted by molar-refractivity contribution is 5.95. The molecule has 7 heteroatoms. The summed E-state index contributed by atoms with van der Waals surface area (Å²) in [4.78, 5) is 31.6. The predicted octanol–water partition coefficient (Wildman–Crippen LogP) is 4.09. The molecule has 35 heavy (non-hydrogen) atoms. The highest BCUT2D eigenvalue weighted by Crippen LogP contribution is 2.26. The van der Waals surface area contributed by atoms with Gasteiger partial charge in [-0.1, -0.05) is 54.6 Å². The van der Waals surface area contributed by atoms with Gasteiger partial charge in [-0.15, -0.1) is 0 Å². The van der Waals surface area contributed by atoms with Crippen LogP contribution in [0.25, 0.3) is 0 Å². The second-order valence-electron chi connectivity index (χ2n) is 8.94. The number of rotatable bonds is 9. The fourth-order valence-electron chi connectivity index (χ4n) is 4.43. The van der Waals surface area contributed by atoms with Crippen molar-refractivity contribution in [2.24, 2.45) is 5.73 Å². The van der Waals surface area contributed by atoms with Gasteiger partial charge in [0.15, 0.2) is 0 Å². The number of nitrogens with zero attached hydrogens (tertiary/aromatic N) is 3. The lowest BCUT2D eigenvalue weighted by Crippen LogP contribution is -2.45. The van der Waals surface area contributed by atoms with Crippen molar-refractivity contribution in [1.29, 1.82) is 0 Å². The molecule has 0 saturated carbocycles. The fraction of sp³-hybridized carbons (Fsp3) is 0.286. The normalized spacial score (nSPS) is 13.5. The first-order chi connectivity index (χ1) is 17.0. The average Bonchev–Trinajstić information content (AvgIpc) is 3.40. The smallest absolute Gasteiger partial charge is 0.325 e. The minimum absolute atomic E-state index is 0.107. The largest absolute Gasteiger partial charge is 0.397 e. The highest BCUT2D eigenvalue weighted by Gasteiger charge is 2.25. The van der Waals surface area contributed by atoms with E-state index in [1.54, 1.807) is 17.0 Å². The second kappa shape index (κ2) is 11.5. The molecule has 4 N–H and O–H groups in total. The maximum atomic E-state index is 14.1. The number of hydrogen-bond acceptors (Lipinski definition) is 4. The zero-order valence-electron chi connectivity index (χ0n) is 20.0. The lowest BCUT2D eigenvalue weighted by atomic mass is 10.1. The molecular formula is C28H33N5O2. The monoisotopic (exact) mass is 471 g/mol. The Morgan fingerprint density at radius 2 is 1.43 bits per heavy atom. The number of primary amides is 1. The molecule has 0 atom stereocenters. The van der Waals surface area contributed by atoms with Gasteiger partial charge < -0.3 is 21.3 Å². The number of nitrogens with two attached hydrogens (primary N) is 2. The Bertz CT molecular complexity index is 1130. The third kappa shape index (κ3) is 6.39. The Hall–Kier alpha value is -3.84. The number of anilines is 2. The van der Waals surface area contributed by atoms with E-state index >= 15 is 0 Å². The first-order valence-electron chi connectivity index (χ1n) is 12.1. The molecule has 3 amide bonds. The minimum Gasteiger partial charge on any atom is -0.397 e. The molecule has 0 aromatic heterocycles. The first kappa shape index (κ1) is 24.3. The van der Waals surface area contributed by atoms with Crippen molar-refractivity contribution >= 4 is 23.3 Å². The molecule has 0 spiro atoms. The van der Waals surface area contributed by atoms with Crippen LogP contribution in [-0.4, -0.2) is 47.9 Å². The zero-order valence-corrected chi connectivity index (χ0v) is 20.0. The summed E-state index contributed by atoms with van der Waals surface area (Å²) >= 11 is 0. The third-order valence-corrected chi connectivity index (χ3v) is 6.41. The molecule has 0 unspecified atom stereocenters. The van der Waals surface area contributed by atoms with Crippen molar-refractivity contribution in [2.75, 3.05) is 36.8 Å². The van der Waals surface area contributed by atoms with E-state index < -0.39 is 5.91 Å². The van der Waals surface area contributed by atoms with Crippen LogP contribution in [0.1, 0.15) is 34.3 Å². The van der Waals surface area contributed by atoms with Crippen LogP contribution in [0.5, 0.6) is 0 Å². The summed E-state index contributed by atoms with van der Waals surface area (Å²) in [6.45, 7) is 4.37. The summed E-state index contributed by atoms with van der Waals surface area (Å²) in [5.41, 5.74) is 15.4. The number of hydrogen-bond donors (Lipinski definition) is 2. The number of nitrogen functional groups attached to an aromatic ring is 1. The van der Waals surface area contributed by atoms with Gasteiger partial charge in [-0.05, 0) is 61.3 Å². The van der Waals surface area contributed by atoms with Crippen molar-refractivity contribution < 1.29 is 9.59 Å². The lowest BCUT2D eigenvalue weighted by Gasteiger charge is -2.33. The molecule has 1 fully saturated rings. The van der Waals surface area contributed by atoms with Crippen LogP contribution in [-0.2, 0) is 13.1 Å². The number of carbonyl (C=O) groups excluding carboxylic acids is 2. The van der Waals surface area contributed by atoms with Crippen LogP contribution >= 0.6 is 0 Å². The van der Waals surface area contributed by atoms with E-state index in [9.17, 15) is 9.59 Å². The van der Waals surface area contributed by atoms with E-state index in [-0.39, 0.29) is 6.03 Å². The van der Waals surface area contributed by atoms with E-state index in [1.807, 2.05) is 71.6 Å². The van der Waals surface area contributed by atoms with E-state index in [0.717, 1.165) is 30.8 Å². The molecule has 3 aromatic carbocycles. The first-order valence-corrected chi connectivity index (χ1v) is 12.1. The number of carbonyl (C=O) groups is 2. The van der Waals surface area contributed by atoms with Gasteiger partial charge in [0.1, 0.15) is 0 Å². The fourth-order valence-corrected chi connectivity index (χ4v) is 4.43. The quantitative estimate of drug-likeness (QED) is 0.460. The number of urea groups is 1. The van der Waals surface area contributed by atoms with Crippen molar-refractivity contribution in [2.45, 2.75) is 25.9 Å². The van der Waals surface area contributed by atoms with Crippen LogP contribution in [0.3, 0.4) is 0 Å². The van der Waals surface area contributed by atoms with Crippen molar-refractivity contribution in [1.82, 2.24) is 9.80 Å². The maximum Gasteiger partial charge on any atom is 0.325 e. The number of benzene rings is 3. The van der Waals surface area contributed by atoms with Gasteiger partial charge in [-0.3, -0.25) is 9.69 Å². The lowest BCUT2D eigenvalue weighted by molar-refractivity contribution is 0.1000. The van der Waals surface area contributed by atoms with E-state index in [2.05, 4.69) is 4.90 Å². The molecule has 0 aliphatic carbocycles. The average molecular weight is 472 g/mol. The standard InChI is InChI=1S/C28H33N5O2/c29-25-10-4-5-11-26(25)33(21-22-8-2-1-3-9-22)28(35)32(19-18-31-16-6-7-17-31)20-23-12-14-24(15-13-23)27(30)34/h1-5,8-15H,6-7,16-21,29H2,(H2,30,34). The number of likely N-dealkylation sites (tertiary alicyclic amines) is 1. The zero-order chi connectivity index (χ0) is 24.6. The Labute approximate surface area is 206 Å².